The summed E-state index contributed by atoms with van der Waals surface area (Å²) in [6.07, 6.45) is -8.57. The van der Waals surface area contributed by atoms with Crippen molar-refractivity contribution in [3.05, 3.63) is 33.4 Å². The lowest BCUT2D eigenvalue weighted by Gasteiger charge is -2.21. The monoisotopic (exact) mass is 802 g/mol. The van der Waals surface area contributed by atoms with E-state index in [1.807, 2.05) is 0 Å². The number of ether oxygens (including phenoxy) is 2. The number of phosphoric acid groups is 3. The van der Waals surface area contributed by atoms with Crippen molar-refractivity contribution in [1.82, 2.24) is 34.1 Å². The summed E-state index contributed by atoms with van der Waals surface area (Å²) in [6, 6.07) is -1.24. The maximum absolute atomic E-state index is 12.5. The first-order chi connectivity index (χ1) is 24.2. The fourth-order valence-corrected chi connectivity index (χ4v) is 9.02. The van der Waals surface area contributed by atoms with Gasteiger partial charge in [0.2, 0.25) is 17.7 Å². The number of hydrogen-bond acceptors (Lipinski definition) is 20. The molecule has 0 aliphatic carbocycles. The van der Waals surface area contributed by atoms with Crippen LogP contribution in [0.3, 0.4) is 0 Å². The van der Waals surface area contributed by atoms with Crippen molar-refractivity contribution in [3.8, 4) is 0 Å². The SMILES string of the molecule is Cn1c[n+]([C@@H]2O[C@H](COP(=O)(O)OP(=O)(O)OP(=O)(O)OC[C@H]3O[C@@H](n4cnc5c(=O)[nH]c(N)nc54)[C@H](O)[C@@H]3O)[C@@H](O)[C@H]2N)c2nc(N)[nH]c(=O)c21. The second-order valence-electron chi connectivity index (χ2n) is 11.4. The molecule has 2 saturated heterocycles. The van der Waals surface area contributed by atoms with E-state index in [1.54, 1.807) is 0 Å². The average Bonchev–Trinajstić information content (AvgIpc) is 3.74. The third-order valence-corrected chi connectivity index (χ3v) is 12.0. The lowest BCUT2D eigenvalue weighted by molar-refractivity contribution is -0.740. The van der Waals surface area contributed by atoms with Crippen molar-refractivity contribution in [1.29, 1.82) is 0 Å². The molecule has 14 N–H and O–H groups in total. The van der Waals surface area contributed by atoms with Crippen molar-refractivity contribution in [3.63, 3.8) is 0 Å². The maximum atomic E-state index is 12.5. The zero-order valence-corrected chi connectivity index (χ0v) is 28.8. The highest BCUT2D eigenvalue weighted by Crippen LogP contribution is 2.67. The number of nitrogens with one attached hydrogen (secondary N) is 2. The van der Waals surface area contributed by atoms with Gasteiger partial charge >= 0.3 is 29.1 Å². The van der Waals surface area contributed by atoms with Crippen LogP contribution < -0.4 is 32.9 Å². The van der Waals surface area contributed by atoms with Crippen LogP contribution in [0.15, 0.2) is 22.2 Å². The molecule has 0 spiro atoms. The van der Waals surface area contributed by atoms with Gasteiger partial charge in [-0.3, -0.25) is 37.7 Å². The molecule has 0 amide bonds. The minimum absolute atomic E-state index is 0.0145. The number of aliphatic hydroxyl groups is 3. The Bertz CT molecular complexity index is 2280. The first kappa shape index (κ1) is 38.2. The number of hydrogen-bond donors (Lipinski definition) is 11. The highest BCUT2D eigenvalue weighted by Gasteiger charge is 2.49. The van der Waals surface area contributed by atoms with Crippen LogP contribution in [-0.4, -0.2) is 114 Å². The molecule has 6 rings (SSSR count). The molecule has 0 aromatic carbocycles. The Labute approximate surface area is 287 Å². The van der Waals surface area contributed by atoms with E-state index in [1.165, 1.54) is 22.5 Å². The fraction of sp³-hybridized carbons (Fsp3) is 0.524. The van der Waals surface area contributed by atoms with E-state index >= 15 is 0 Å². The standard InChI is InChI=1S/C21H30N11O17P3/c1-30-5-32(15-10(30)17(37)29-21(24)27-15)18-8(22)11(33)6(46-18)2-44-50(38,39)48-52(42,43)49-51(40,41)45-3-7-12(34)13(35)19(47-7)31-4-25-9-14(31)26-20(23)28-16(9)36/h4-8,11-13,18-19,33-35H,2-3,22H2,1H3,(H8-,23,24,26,27,28,29,36,37,38,39,40,41,42,43)/p+1/t6-,7-,8-,11-,12-,13-,18-,19-/m1/s1. The summed E-state index contributed by atoms with van der Waals surface area (Å²) >= 11 is 0. The second-order valence-corrected chi connectivity index (χ2v) is 16.0. The summed E-state index contributed by atoms with van der Waals surface area (Å²) < 4.78 is 69.6. The fourth-order valence-electron chi connectivity index (χ4n) is 5.50. The summed E-state index contributed by atoms with van der Waals surface area (Å²) in [5.41, 5.74) is 15.7. The Morgan fingerprint density at radius 2 is 1.46 bits per heavy atom. The van der Waals surface area contributed by atoms with Gasteiger partial charge in [0, 0.05) is 0 Å². The van der Waals surface area contributed by atoms with Crippen LogP contribution in [0.25, 0.3) is 22.3 Å². The number of nitrogen functional groups attached to an aromatic ring is 2. The van der Waals surface area contributed by atoms with E-state index in [0.29, 0.717) is 0 Å². The zero-order chi connectivity index (χ0) is 38.1. The summed E-state index contributed by atoms with van der Waals surface area (Å²) in [4.78, 5) is 70.8. The van der Waals surface area contributed by atoms with Crippen LogP contribution in [0.1, 0.15) is 12.5 Å². The molecule has 31 heteroatoms. The molecular weight excluding hydrogens is 771 g/mol. The molecule has 2 fully saturated rings. The maximum Gasteiger partial charge on any atom is 0.490 e. The summed E-state index contributed by atoms with van der Waals surface area (Å²) in [5.74, 6) is -0.544. The Morgan fingerprint density at radius 3 is 2.10 bits per heavy atom. The van der Waals surface area contributed by atoms with Gasteiger partial charge in [-0.2, -0.15) is 13.6 Å². The van der Waals surface area contributed by atoms with Crippen molar-refractivity contribution in [2.24, 2.45) is 12.8 Å². The van der Waals surface area contributed by atoms with Crippen LogP contribution in [0.5, 0.6) is 0 Å². The van der Waals surface area contributed by atoms with Crippen molar-refractivity contribution < 1.29 is 75.4 Å². The van der Waals surface area contributed by atoms with Crippen LogP contribution in [-0.2, 0) is 47.9 Å². The van der Waals surface area contributed by atoms with E-state index in [0.717, 1.165) is 10.9 Å². The highest BCUT2D eigenvalue weighted by atomic mass is 31.3. The smallest absolute Gasteiger partial charge is 0.388 e. The molecule has 286 valence electrons. The number of phosphoric ester groups is 2. The number of aliphatic hydroxyl groups excluding tert-OH is 3. The number of imidazole rings is 2. The number of anilines is 2. The Balaban J connectivity index is 1.05. The summed E-state index contributed by atoms with van der Waals surface area (Å²) in [5, 5.41) is 31.6. The molecule has 4 aromatic rings. The average molecular weight is 802 g/mol. The molecule has 0 radical (unpaired) electrons. The van der Waals surface area contributed by atoms with Gasteiger partial charge in [-0.25, -0.2) is 23.2 Å². The van der Waals surface area contributed by atoms with Crippen LogP contribution >= 0.6 is 23.5 Å². The molecule has 2 aliphatic rings. The Hall–Kier alpha value is -3.53. The van der Waals surface area contributed by atoms with Gasteiger partial charge in [0.1, 0.15) is 30.5 Å². The number of aromatic amines is 2. The molecule has 4 aromatic heterocycles. The Kier molecular flexibility index (Phi) is 10.1. The summed E-state index contributed by atoms with van der Waals surface area (Å²) in [7, 11) is -15.8. The minimum atomic E-state index is -5.98. The Morgan fingerprint density at radius 1 is 0.885 bits per heavy atom. The van der Waals surface area contributed by atoms with Gasteiger partial charge in [0.15, 0.2) is 23.7 Å². The molecule has 52 heavy (non-hydrogen) atoms. The zero-order valence-electron chi connectivity index (χ0n) is 26.1. The van der Waals surface area contributed by atoms with Gasteiger partial charge in [-0.1, -0.05) is 4.98 Å². The molecule has 0 bridgehead atoms. The number of H-pyrrole nitrogens is 2. The van der Waals surface area contributed by atoms with Crippen LogP contribution in [0.4, 0.5) is 11.9 Å². The quantitative estimate of drug-likeness (QED) is 0.0474. The van der Waals surface area contributed by atoms with E-state index < -0.39 is 96.8 Å². The van der Waals surface area contributed by atoms with E-state index in [2.05, 4.69) is 42.6 Å². The molecule has 3 unspecified atom stereocenters. The third kappa shape index (κ3) is 7.46. The molecule has 6 heterocycles. The van der Waals surface area contributed by atoms with Crippen LogP contribution in [0, 0.1) is 0 Å². The molecule has 11 atom stereocenters. The van der Waals surface area contributed by atoms with E-state index in [9.17, 15) is 53.3 Å². The van der Waals surface area contributed by atoms with Gasteiger partial charge in [0.25, 0.3) is 17.1 Å². The van der Waals surface area contributed by atoms with Gasteiger partial charge in [0.05, 0.1) is 32.6 Å². The van der Waals surface area contributed by atoms with Crippen molar-refractivity contribution >= 4 is 57.7 Å². The number of nitrogens with two attached hydrogens (primary N) is 3. The number of fused-ring (bicyclic) bond motifs is 2. The topological polar surface area (TPSA) is 424 Å². The second kappa shape index (κ2) is 13.7. The predicted molar refractivity (Wildman–Crippen MR) is 166 cm³/mol. The van der Waals surface area contributed by atoms with Gasteiger partial charge < -0.3 is 56.7 Å². The minimum Gasteiger partial charge on any atom is -0.388 e. The van der Waals surface area contributed by atoms with Gasteiger partial charge in [-0.05, 0) is 0 Å². The number of rotatable bonds is 12. The predicted octanol–water partition coefficient (Wildman–Crippen LogP) is -4.58. The molecule has 28 nitrogen and oxygen atoms in total. The van der Waals surface area contributed by atoms with Crippen LogP contribution in [0.2, 0.25) is 0 Å². The number of aryl methyl sites for hydroxylation is 1. The normalized spacial score (nSPS) is 30.1. The highest BCUT2D eigenvalue weighted by molar-refractivity contribution is 7.66. The molecule has 0 saturated carbocycles. The third-order valence-electron chi connectivity index (χ3n) is 7.76. The van der Waals surface area contributed by atoms with Crippen molar-refractivity contribution in [2.75, 3.05) is 24.7 Å². The largest absolute Gasteiger partial charge is 0.490 e. The van der Waals surface area contributed by atoms with E-state index in [-0.39, 0.29) is 34.2 Å². The number of aromatic nitrogens is 8. The van der Waals surface area contributed by atoms with Crippen molar-refractivity contribution in [2.45, 2.75) is 49.0 Å². The first-order valence-corrected chi connectivity index (χ1v) is 18.9. The van der Waals surface area contributed by atoms with E-state index in [4.69, 9.17) is 26.7 Å². The number of nitrogens with zero attached hydrogens (tertiary/aromatic N) is 6. The summed E-state index contributed by atoms with van der Waals surface area (Å²) in [6.45, 7) is -2.08. The molecular formula is C21H31N11O17P3+. The lowest BCUT2D eigenvalue weighted by atomic mass is 10.1. The van der Waals surface area contributed by atoms with Gasteiger partial charge in [-0.15, -0.1) is 0 Å². The first-order valence-electron chi connectivity index (χ1n) is 14.5. The lowest BCUT2D eigenvalue weighted by Crippen LogP contribution is -2.50. The molecule has 2 aliphatic heterocycles.